The molecule has 1 N–H and O–H groups in total. The fourth-order valence-electron chi connectivity index (χ4n) is 3.96. The molecule has 0 radical (unpaired) electrons. The Kier molecular flexibility index (Phi) is 5.14. The molecule has 0 unspecified atom stereocenters. The van der Waals surface area contributed by atoms with Gasteiger partial charge < -0.3 is 10.1 Å². The van der Waals surface area contributed by atoms with Crippen LogP contribution in [0.1, 0.15) is 24.0 Å². The zero-order valence-electron chi connectivity index (χ0n) is 14.9. The Morgan fingerprint density at radius 1 is 1.15 bits per heavy atom. The van der Waals surface area contributed by atoms with E-state index in [-0.39, 0.29) is 5.41 Å². The number of halogens is 1. The molecule has 5 heteroatoms. The second-order valence-corrected chi connectivity index (χ2v) is 8.58. The Balaban J connectivity index is 1.69. The van der Waals surface area contributed by atoms with Crippen molar-refractivity contribution in [2.45, 2.75) is 25.8 Å². The quantitative estimate of drug-likeness (QED) is 0.763. The fourth-order valence-corrected chi connectivity index (χ4v) is 5.50. The lowest BCUT2D eigenvalue weighted by Gasteiger charge is -2.42. The van der Waals surface area contributed by atoms with Gasteiger partial charge in [-0.1, -0.05) is 41.9 Å². The summed E-state index contributed by atoms with van der Waals surface area (Å²) in [5.41, 5.74) is 3.74. The molecule has 0 bridgehead atoms. The van der Waals surface area contributed by atoms with E-state index >= 15 is 0 Å². The van der Waals surface area contributed by atoms with Crippen molar-refractivity contribution in [1.82, 2.24) is 0 Å². The molecule has 0 atom stereocenters. The molecule has 0 saturated carbocycles. The number of ether oxygens (including phenoxy) is 1. The maximum absolute atomic E-state index is 6.27. The van der Waals surface area contributed by atoms with Gasteiger partial charge in [0.15, 0.2) is 0 Å². The first-order valence-corrected chi connectivity index (χ1v) is 10.5. The zero-order valence-corrected chi connectivity index (χ0v) is 16.5. The van der Waals surface area contributed by atoms with Gasteiger partial charge in [0.1, 0.15) is 11.6 Å². The molecule has 0 aliphatic carbocycles. The van der Waals surface area contributed by atoms with Crippen molar-refractivity contribution < 1.29 is 4.74 Å². The van der Waals surface area contributed by atoms with E-state index < -0.39 is 0 Å². The van der Waals surface area contributed by atoms with Crippen LogP contribution in [0.2, 0.25) is 5.02 Å². The van der Waals surface area contributed by atoms with Crippen molar-refractivity contribution in [2.75, 3.05) is 23.9 Å². The summed E-state index contributed by atoms with van der Waals surface area (Å²) < 4.78 is 5.48. The number of fused-ring (bicyclic) bond motifs is 1. The zero-order chi connectivity index (χ0) is 18.0. The Hall–Kier alpha value is -1.65. The lowest BCUT2D eigenvalue weighted by molar-refractivity contribution is 0.376. The summed E-state index contributed by atoms with van der Waals surface area (Å²) >= 11 is 8.32. The Labute approximate surface area is 164 Å². The molecule has 1 spiro atoms. The average molecular weight is 387 g/mol. The molecule has 2 aliphatic heterocycles. The highest BCUT2D eigenvalue weighted by Gasteiger charge is 2.41. The average Bonchev–Trinajstić information content (AvgIpc) is 2.67. The molecule has 2 heterocycles. The maximum Gasteiger partial charge on any atom is 0.142 e. The van der Waals surface area contributed by atoms with Crippen molar-refractivity contribution in [3.8, 4) is 5.75 Å². The first kappa shape index (κ1) is 17.7. The van der Waals surface area contributed by atoms with Crippen LogP contribution in [-0.4, -0.2) is 24.5 Å². The van der Waals surface area contributed by atoms with Gasteiger partial charge in [0.2, 0.25) is 0 Å². The molecule has 2 aromatic carbocycles. The number of hydrogen-bond donors (Lipinski definition) is 1. The third-order valence-corrected chi connectivity index (χ3v) is 6.69. The number of nitrogens with one attached hydrogen (secondary N) is 1. The van der Waals surface area contributed by atoms with Crippen LogP contribution in [0.25, 0.3) is 0 Å². The number of benzene rings is 2. The van der Waals surface area contributed by atoms with E-state index in [2.05, 4.69) is 29.6 Å². The van der Waals surface area contributed by atoms with Gasteiger partial charge in [-0.2, -0.15) is 11.8 Å². The van der Waals surface area contributed by atoms with Gasteiger partial charge in [-0.25, -0.2) is 0 Å². The SMILES string of the molecule is COc1c(Cl)cccc1CN=C1Nc2ccccc2CC12CCSCC2. The summed E-state index contributed by atoms with van der Waals surface area (Å²) in [6.07, 6.45) is 3.41. The van der Waals surface area contributed by atoms with E-state index in [0.717, 1.165) is 23.6 Å². The van der Waals surface area contributed by atoms with Gasteiger partial charge in [-0.3, -0.25) is 4.99 Å². The second-order valence-electron chi connectivity index (χ2n) is 6.95. The van der Waals surface area contributed by atoms with E-state index in [1.807, 2.05) is 30.0 Å². The lowest BCUT2D eigenvalue weighted by atomic mass is 9.73. The fraction of sp³-hybridized carbons (Fsp3) is 0.381. The van der Waals surface area contributed by atoms with Gasteiger partial charge in [0.25, 0.3) is 0 Å². The first-order valence-electron chi connectivity index (χ1n) is 9.01. The van der Waals surface area contributed by atoms with Crippen LogP contribution >= 0.6 is 23.4 Å². The molecule has 1 fully saturated rings. The van der Waals surface area contributed by atoms with Gasteiger partial charge in [0, 0.05) is 16.7 Å². The molecule has 26 heavy (non-hydrogen) atoms. The third kappa shape index (κ3) is 3.33. The number of amidine groups is 1. The molecule has 3 nitrogen and oxygen atoms in total. The normalized spacial score (nSPS) is 19.8. The summed E-state index contributed by atoms with van der Waals surface area (Å²) in [6, 6.07) is 14.4. The van der Waals surface area contributed by atoms with Crippen molar-refractivity contribution in [1.29, 1.82) is 0 Å². The van der Waals surface area contributed by atoms with E-state index in [0.29, 0.717) is 11.6 Å². The van der Waals surface area contributed by atoms with E-state index in [1.165, 1.54) is 35.6 Å². The summed E-state index contributed by atoms with van der Waals surface area (Å²) in [5.74, 6) is 4.24. The number of anilines is 1. The Bertz CT molecular complexity index is 831. The molecule has 0 amide bonds. The van der Waals surface area contributed by atoms with Crippen LogP contribution in [-0.2, 0) is 13.0 Å². The van der Waals surface area contributed by atoms with E-state index in [1.54, 1.807) is 7.11 Å². The van der Waals surface area contributed by atoms with E-state index in [9.17, 15) is 0 Å². The van der Waals surface area contributed by atoms with Crippen LogP contribution in [0.3, 0.4) is 0 Å². The number of thioether (sulfide) groups is 1. The van der Waals surface area contributed by atoms with Crippen molar-refractivity contribution in [3.05, 3.63) is 58.6 Å². The number of nitrogens with zero attached hydrogens (tertiary/aromatic N) is 1. The summed E-state index contributed by atoms with van der Waals surface area (Å²) in [7, 11) is 1.66. The monoisotopic (exact) mass is 386 g/mol. The minimum absolute atomic E-state index is 0.130. The molecular weight excluding hydrogens is 364 g/mol. The number of methoxy groups -OCH3 is 1. The van der Waals surface area contributed by atoms with Crippen molar-refractivity contribution >= 4 is 34.9 Å². The lowest BCUT2D eigenvalue weighted by Crippen LogP contribution is -2.44. The highest BCUT2D eigenvalue weighted by Crippen LogP contribution is 2.44. The van der Waals surface area contributed by atoms with Crippen LogP contribution < -0.4 is 10.1 Å². The predicted molar refractivity (Wildman–Crippen MR) is 112 cm³/mol. The van der Waals surface area contributed by atoms with Crippen molar-refractivity contribution in [3.63, 3.8) is 0 Å². The van der Waals surface area contributed by atoms with Gasteiger partial charge in [-0.15, -0.1) is 0 Å². The van der Waals surface area contributed by atoms with Crippen molar-refractivity contribution in [2.24, 2.45) is 10.4 Å². The number of hydrogen-bond acceptors (Lipinski definition) is 3. The van der Waals surface area contributed by atoms with Crippen LogP contribution in [0, 0.1) is 5.41 Å². The summed E-state index contributed by atoms with van der Waals surface area (Å²) in [6.45, 7) is 0.573. The van der Waals surface area contributed by atoms with Crippen LogP contribution in [0.15, 0.2) is 47.5 Å². The predicted octanol–water partition coefficient (Wildman–Crippen LogP) is 5.43. The minimum atomic E-state index is 0.130. The number of para-hydroxylation sites is 2. The highest BCUT2D eigenvalue weighted by molar-refractivity contribution is 7.99. The second kappa shape index (κ2) is 7.53. The smallest absolute Gasteiger partial charge is 0.142 e. The standard InChI is InChI=1S/C21H23ClN2OS/c1-25-19-16(6-4-7-17(19)22)14-23-20-21(9-11-26-12-10-21)13-15-5-2-3-8-18(15)24-20/h2-8H,9-14H2,1H3,(H,23,24). The van der Waals surface area contributed by atoms with Crippen LogP contribution in [0.5, 0.6) is 5.75 Å². The van der Waals surface area contributed by atoms with Crippen LogP contribution in [0.4, 0.5) is 5.69 Å². The van der Waals surface area contributed by atoms with Gasteiger partial charge in [0.05, 0.1) is 18.7 Å². The molecular formula is C21H23ClN2OS. The molecule has 0 aromatic heterocycles. The Morgan fingerprint density at radius 3 is 2.77 bits per heavy atom. The topological polar surface area (TPSA) is 33.6 Å². The van der Waals surface area contributed by atoms with Gasteiger partial charge >= 0.3 is 0 Å². The molecule has 1 saturated heterocycles. The first-order chi connectivity index (χ1) is 12.7. The number of rotatable bonds is 3. The maximum atomic E-state index is 6.27. The third-order valence-electron chi connectivity index (χ3n) is 5.41. The molecule has 2 aromatic rings. The summed E-state index contributed by atoms with van der Waals surface area (Å²) in [5, 5.41) is 4.28. The van der Waals surface area contributed by atoms with E-state index in [4.69, 9.17) is 21.3 Å². The molecule has 2 aliphatic rings. The minimum Gasteiger partial charge on any atom is -0.495 e. The van der Waals surface area contributed by atoms with Gasteiger partial charge in [-0.05, 0) is 48.5 Å². The molecule has 136 valence electrons. The largest absolute Gasteiger partial charge is 0.495 e. The molecule has 4 rings (SSSR count). The number of aliphatic imine (C=N–C) groups is 1. The highest BCUT2D eigenvalue weighted by atomic mass is 35.5. The summed E-state index contributed by atoms with van der Waals surface area (Å²) in [4.78, 5) is 5.04. The Morgan fingerprint density at radius 2 is 1.96 bits per heavy atom.